The topological polar surface area (TPSA) is 94.1 Å². The highest BCUT2D eigenvalue weighted by atomic mass is 35.5. The highest BCUT2D eigenvalue weighted by molar-refractivity contribution is 6.36. The second-order valence-electron chi connectivity index (χ2n) is 7.95. The minimum Gasteiger partial charge on any atom is -0.508 e. The zero-order valence-electron chi connectivity index (χ0n) is 18.0. The summed E-state index contributed by atoms with van der Waals surface area (Å²) >= 11 is 6.40. The average molecular weight is 458 g/mol. The number of ketones is 2. The van der Waals surface area contributed by atoms with Gasteiger partial charge in [0.05, 0.1) is 14.2 Å². The molecule has 0 unspecified atom stereocenters. The number of benzene rings is 2. The van der Waals surface area contributed by atoms with Gasteiger partial charge in [-0.05, 0) is 30.5 Å². The zero-order valence-corrected chi connectivity index (χ0v) is 18.8. The number of rotatable bonds is 6. The van der Waals surface area contributed by atoms with Crippen LogP contribution in [0.25, 0.3) is 0 Å². The Balaban J connectivity index is 1.56. The molecule has 1 heterocycles. The molecule has 8 heteroatoms. The van der Waals surface area contributed by atoms with E-state index in [0.717, 1.165) is 17.7 Å². The monoisotopic (exact) mass is 457 g/mol. The van der Waals surface area contributed by atoms with E-state index in [-0.39, 0.29) is 27.8 Å². The number of aromatic hydroxyl groups is 1. The van der Waals surface area contributed by atoms with Crippen molar-refractivity contribution in [2.24, 2.45) is 5.92 Å². The molecule has 0 aromatic heterocycles. The van der Waals surface area contributed by atoms with E-state index in [1.54, 1.807) is 12.1 Å². The van der Waals surface area contributed by atoms with Gasteiger partial charge < -0.3 is 24.6 Å². The molecule has 4 rings (SSSR count). The standard InChI is InChI=1S/C24H24ClNO6/c1-13-10-15(26-9-8-14-4-6-16(27)7-5-14)11-19(28)24(13)23(29)20-17(30-2)12-18(31-3)21(25)22(20)32-24/h4-7,11-13,26-27H,8-10H2,1-3H3/t13-,24+/m1/s1. The third kappa shape index (κ3) is 3.46. The number of Topliss-reactive ketones (excluding diaryl/α,β-unsaturated/α-hetero) is 1. The maximum Gasteiger partial charge on any atom is 0.236 e. The van der Waals surface area contributed by atoms with Gasteiger partial charge in [0, 0.05) is 30.3 Å². The quantitative estimate of drug-likeness (QED) is 0.638. The fourth-order valence-corrected chi connectivity index (χ4v) is 4.55. The van der Waals surface area contributed by atoms with Crippen molar-refractivity contribution in [2.75, 3.05) is 20.8 Å². The molecule has 2 aromatic carbocycles. The molecule has 0 amide bonds. The number of halogens is 1. The fraction of sp³-hybridized carbons (Fsp3) is 0.333. The Hall–Kier alpha value is -3.19. The Kier molecular flexibility index (Phi) is 5.77. The third-order valence-corrected chi connectivity index (χ3v) is 6.37. The molecular weight excluding hydrogens is 434 g/mol. The molecule has 2 aliphatic rings. The smallest absolute Gasteiger partial charge is 0.236 e. The first kappa shape index (κ1) is 22.0. The maximum atomic E-state index is 13.5. The summed E-state index contributed by atoms with van der Waals surface area (Å²) in [5.74, 6) is -0.418. The number of phenolic OH excluding ortho intramolecular Hbond substituents is 1. The summed E-state index contributed by atoms with van der Waals surface area (Å²) in [5.41, 5.74) is 0.293. The molecule has 2 N–H and O–H groups in total. The van der Waals surface area contributed by atoms with Crippen LogP contribution in [0.3, 0.4) is 0 Å². The number of allylic oxidation sites excluding steroid dienone is 1. The maximum absolute atomic E-state index is 13.5. The van der Waals surface area contributed by atoms with Gasteiger partial charge in [0.25, 0.3) is 0 Å². The molecule has 7 nitrogen and oxygen atoms in total. The lowest BCUT2D eigenvalue weighted by Crippen LogP contribution is -2.55. The first-order chi connectivity index (χ1) is 15.3. The molecule has 0 saturated heterocycles. The largest absolute Gasteiger partial charge is 0.508 e. The number of fused-ring (bicyclic) bond motifs is 1. The number of ether oxygens (including phenoxy) is 3. The molecule has 1 aliphatic heterocycles. The zero-order chi connectivity index (χ0) is 23.0. The first-order valence-electron chi connectivity index (χ1n) is 10.3. The number of hydrogen-bond acceptors (Lipinski definition) is 7. The van der Waals surface area contributed by atoms with Crippen LogP contribution >= 0.6 is 11.6 Å². The van der Waals surface area contributed by atoms with Crippen molar-refractivity contribution in [1.29, 1.82) is 0 Å². The number of carbonyl (C=O) groups excluding carboxylic acids is 2. The van der Waals surface area contributed by atoms with Crippen molar-refractivity contribution in [3.63, 3.8) is 0 Å². The Bertz CT molecular complexity index is 1110. The molecule has 0 bridgehead atoms. The van der Waals surface area contributed by atoms with Gasteiger partial charge in [-0.3, -0.25) is 9.59 Å². The molecule has 0 saturated carbocycles. The van der Waals surface area contributed by atoms with Crippen LogP contribution in [0.15, 0.2) is 42.1 Å². The van der Waals surface area contributed by atoms with E-state index in [9.17, 15) is 14.7 Å². The number of phenols is 1. The van der Waals surface area contributed by atoms with E-state index < -0.39 is 23.1 Å². The molecule has 2 aromatic rings. The predicted octanol–water partition coefficient (Wildman–Crippen LogP) is 3.70. The van der Waals surface area contributed by atoms with E-state index in [2.05, 4.69) is 5.32 Å². The Labute approximate surface area is 190 Å². The fourth-order valence-electron chi connectivity index (χ4n) is 4.28. The van der Waals surface area contributed by atoms with Crippen LogP contribution in [-0.4, -0.2) is 43.0 Å². The van der Waals surface area contributed by atoms with Crippen LogP contribution in [0.2, 0.25) is 5.02 Å². The van der Waals surface area contributed by atoms with Crippen LogP contribution in [0.1, 0.15) is 29.3 Å². The molecule has 0 radical (unpaired) electrons. The van der Waals surface area contributed by atoms with E-state index in [0.29, 0.717) is 18.7 Å². The molecule has 0 fully saturated rings. The van der Waals surface area contributed by atoms with Crippen LogP contribution < -0.4 is 19.5 Å². The number of hydrogen-bond donors (Lipinski definition) is 2. The predicted molar refractivity (Wildman–Crippen MR) is 119 cm³/mol. The van der Waals surface area contributed by atoms with Crippen molar-refractivity contribution in [3.8, 4) is 23.0 Å². The highest BCUT2D eigenvalue weighted by Gasteiger charge is 2.60. The van der Waals surface area contributed by atoms with Gasteiger partial charge in [0.15, 0.2) is 5.75 Å². The summed E-state index contributed by atoms with van der Waals surface area (Å²) in [6, 6.07) is 8.50. The van der Waals surface area contributed by atoms with Crippen LogP contribution in [-0.2, 0) is 11.2 Å². The molecular formula is C24H24ClNO6. The second kappa shape index (κ2) is 8.39. The highest BCUT2D eigenvalue weighted by Crippen LogP contribution is 2.52. The van der Waals surface area contributed by atoms with Crippen molar-refractivity contribution >= 4 is 23.2 Å². The first-order valence-corrected chi connectivity index (χ1v) is 10.6. The number of methoxy groups -OCH3 is 2. The average Bonchev–Trinajstić information content (AvgIpc) is 3.09. The summed E-state index contributed by atoms with van der Waals surface area (Å²) in [6.07, 6.45) is 2.62. The number of carbonyl (C=O) groups is 2. The SMILES string of the molecule is COc1cc(OC)c2c(c1Cl)O[C@@]1(C(=O)C=C(NCCc3ccc(O)cc3)C[C@H]1C)C2=O. The summed E-state index contributed by atoms with van der Waals surface area (Å²) < 4.78 is 16.7. The lowest BCUT2D eigenvalue weighted by molar-refractivity contribution is -0.129. The molecule has 1 aliphatic carbocycles. The van der Waals surface area contributed by atoms with Crippen molar-refractivity contribution in [3.05, 3.63) is 58.3 Å². The summed E-state index contributed by atoms with van der Waals surface area (Å²) in [7, 11) is 2.89. The van der Waals surface area contributed by atoms with Crippen LogP contribution in [0.5, 0.6) is 23.0 Å². The lowest BCUT2D eigenvalue weighted by atomic mass is 9.74. The molecule has 1 spiro atoms. The molecule has 2 atom stereocenters. The van der Waals surface area contributed by atoms with Crippen LogP contribution in [0.4, 0.5) is 0 Å². The Morgan fingerprint density at radius 2 is 1.88 bits per heavy atom. The van der Waals surface area contributed by atoms with E-state index in [4.69, 9.17) is 25.8 Å². The third-order valence-electron chi connectivity index (χ3n) is 6.01. The van der Waals surface area contributed by atoms with Gasteiger partial charge in [-0.2, -0.15) is 0 Å². The van der Waals surface area contributed by atoms with Crippen LogP contribution in [0, 0.1) is 5.92 Å². The molecule has 32 heavy (non-hydrogen) atoms. The number of nitrogens with one attached hydrogen (secondary N) is 1. The van der Waals surface area contributed by atoms with Gasteiger partial charge in [0.1, 0.15) is 27.8 Å². The van der Waals surface area contributed by atoms with Gasteiger partial charge in [-0.1, -0.05) is 30.7 Å². The minimum absolute atomic E-state index is 0.116. The van der Waals surface area contributed by atoms with E-state index in [1.807, 2.05) is 19.1 Å². The van der Waals surface area contributed by atoms with Gasteiger partial charge in [0.2, 0.25) is 17.2 Å². The van der Waals surface area contributed by atoms with Crippen molar-refractivity contribution in [1.82, 2.24) is 5.32 Å². The van der Waals surface area contributed by atoms with Crippen molar-refractivity contribution < 1.29 is 28.9 Å². The Morgan fingerprint density at radius 3 is 2.50 bits per heavy atom. The van der Waals surface area contributed by atoms with Gasteiger partial charge >= 0.3 is 0 Å². The summed E-state index contributed by atoms with van der Waals surface area (Å²) in [4.78, 5) is 26.7. The van der Waals surface area contributed by atoms with E-state index >= 15 is 0 Å². The summed E-state index contributed by atoms with van der Waals surface area (Å²) in [5, 5.41) is 12.8. The Morgan fingerprint density at radius 1 is 1.19 bits per heavy atom. The summed E-state index contributed by atoms with van der Waals surface area (Å²) in [6.45, 7) is 2.42. The second-order valence-corrected chi connectivity index (χ2v) is 8.33. The van der Waals surface area contributed by atoms with E-state index in [1.165, 1.54) is 26.4 Å². The minimum atomic E-state index is -1.67. The van der Waals surface area contributed by atoms with Crippen molar-refractivity contribution in [2.45, 2.75) is 25.4 Å². The van der Waals surface area contributed by atoms with Gasteiger partial charge in [-0.15, -0.1) is 0 Å². The van der Waals surface area contributed by atoms with Gasteiger partial charge in [-0.25, -0.2) is 0 Å². The molecule has 168 valence electrons. The lowest BCUT2D eigenvalue weighted by Gasteiger charge is -2.35. The normalized spacial score (nSPS) is 21.8.